The molecule has 0 fully saturated rings. The average Bonchev–Trinajstić information content (AvgIpc) is 2.42. The molecule has 2 N–H and O–H groups in total. The fourth-order valence-electron chi connectivity index (χ4n) is 1.49. The Morgan fingerprint density at radius 2 is 1.89 bits per heavy atom. The Hall–Kier alpha value is -1.55. The van der Waals surface area contributed by atoms with Crippen LogP contribution in [0, 0.1) is 0 Å². The van der Waals surface area contributed by atoms with E-state index in [1.807, 2.05) is 31.2 Å². The van der Waals surface area contributed by atoms with Crippen LogP contribution >= 0.6 is 0 Å². The Labute approximate surface area is 109 Å². The van der Waals surface area contributed by atoms with Crippen LogP contribution in [0.2, 0.25) is 0 Å². The highest BCUT2D eigenvalue weighted by Gasteiger charge is 2.01. The number of benzene rings is 1. The van der Waals surface area contributed by atoms with E-state index in [2.05, 4.69) is 17.6 Å². The lowest BCUT2D eigenvalue weighted by Gasteiger charge is -2.08. The molecule has 0 aliphatic rings. The van der Waals surface area contributed by atoms with E-state index in [9.17, 15) is 4.79 Å². The van der Waals surface area contributed by atoms with Crippen molar-refractivity contribution in [2.24, 2.45) is 0 Å². The lowest BCUT2D eigenvalue weighted by Crippen LogP contribution is -2.34. The van der Waals surface area contributed by atoms with Crippen molar-refractivity contribution in [2.75, 3.05) is 26.2 Å². The minimum Gasteiger partial charge on any atom is -0.484 e. The molecule has 0 saturated heterocycles. The summed E-state index contributed by atoms with van der Waals surface area (Å²) >= 11 is 0. The monoisotopic (exact) mass is 250 g/mol. The summed E-state index contributed by atoms with van der Waals surface area (Å²) in [6, 6.07) is 7.81. The summed E-state index contributed by atoms with van der Waals surface area (Å²) in [6.07, 6.45) is 1.01. The van der Waals surface area contributed by atoms with E-state index >= 15 is 0 Å². The molecule has 0 atom stereocenters. The van der Waals surface area contributed by atoms with Crippen molar-refractivity contribution in [3.63, 3.8) is 0 Å². The highest BCUT2D eigenvalue weighted by atomic mass is 16.5. The van der Waals surface area contributed by atoms with Gasteiger partial charge in [-0.1, -0.05) is 26.0 Å². The van der Waals surface area contributed by atoms with Crippen LogP contribution in [0.15, 0.2) is 24.3 Å². The predicted molar refractivity (Wildman–Crippen MR) is 72.9 cm³/mol. The maximum atomic E-state index is 11.4. The first-order valence-corrected chi connectivity index (χ1v) is 6.45. The summed E-state index contributed by atoms with van der Waals surface area (Å²) in [5.41, 5.74) is 1.26. The van der Waals surface area contributed by atoms with E-state index in [1.165, 1.54) is 5.56 Å². The summed E-state index contributed by atoms with van der Waals surface area (Å²) in [4.78, 5) is 11.4. The molecule has 1 amide bonds. The number of carbonyl (C=O) groups is 1. The fourth-order valence-corrected chi connectivity index (χ4v) is 1.49. The normalized spacial score (nSPS) is 10.1. The van der Waals surface area contributed by atoms with Gasteiger partial charge in [-0.25, -0.2) is 0 Å². The first kappa shape index (κ1) is 14.5. The van der Waals surface area contributed by atoms with Gasteiger partial charge in [0.25, 0.3) is 5.91 Å². The van der Waals surface area contributed by atoms with Gasteiger partial charge >= 0.3 is 0 Å². The third-order valence-electron chi connectivity index (χ3n) is 2.58. The van der Waals surface area contributed by atoms with Gasteiger partial charge < -0.3 is 15.4 Å². The number of likely N-dealkylation sites (N-methyl/N-ethyl adjacent to an activating group) is 1. The van der Waals surface area contributed by atoms with Gasteiger partial charge in [-0.05, 0) is 30.7 Å². The number of aryl methyl sites for hydroxylation is 1. The fraction of sp³-hybridized carbons (Fsp3) is 0.500. The number of hydrogen-bond donors (Lipinski definition) is 2. The summed E-state index contributed by atoms with van der Waals surface area (Å²) in [7, 11) is 0. The molecule has 0 aliphatic carbocycles. The van der Waals surface area contributed by atoms with Crippen LogP contribution in [-0.2, 0) is 11.2 Å². The topological polar surface area (TPSA) is 50.4 Å². The van der Waals surface area contributed by atoms with Crippen molar-refractivity contribution in [3.8, 4) is 5.75 Å². The molecule has 0 bridgehead atoms. The Kier molecular flexibility index (Phi) is 6.87. The Morgan fingerprint density at radius 1 is 1.17 bits per heavy atom. The van der Waals surface area contributed by atoms with Gasteiger partial charge in [0.05, 0.1) is 0 Å². The summed E-state index contributed by atoms with van der Waals surface area (Å²) < 4.78 is 5.39. The predicted octanol–water partition coefficient (Wildman–Crippen LogP) is 1.35. The molecule has 4 heteroatoms. The molecule has 1 aromatic carbocycles. The van der Waals surface area contributed by atoms with Gasteiger partial charge in [0.1, 0.15) is 5.75 Å². The van der Waals surface area contributed by atoms with Crippen LogP contribution in [0.5, 0.6) is 5.75 Å². The first-order valence-electron chi connectivity index (χ1n) is 6.45. The van der Waals surface area contributed by atoms with Crippen molar-refractivity contribution < 1.29 is 9.53 Å². The van der Waals surface area contributed by atoms with Crippen molar-refractivity contribution in [1.29, 1.82) is 0 Å². The van der Waals surface area contributed by atoms with Gasteiger partial charge in [0, 0.05) is 13.1 Å². The van der Waals surface area contributed by atoms with Gasteiger partial charge in [-0.15, -0.1) is 0 Å². The van der Waals surface area contributed by atoms with Crippen LogP contribution in [0.3, 0.4) is 0 Å². The standard InChI is InChI=1S/C14H22N2O2/c1-3-12-5-7-13(8-6-12)18-11-14(17)16-10-9-15-4-2/h5-8,15H,3-4,9-11H2,1-2H3,(H,16,17). The molecule has 0 saturated carbocycles. The number of carbonyl (C=O) groups excluding carboxylic acids is 1. The second-order valence-electron chi connectivity index (χ2n) is 3.99. The molecule has 1 rings (SSSR count). The van der Waals surface area contributed by atoms with Crippen molar-refractivity contribution in [2.45, 2.75) is 20.3 Å². The Morgan fingerprint density at radius 3 is 2.50 bits per heavy atom. The van der Waals surface area contributed by atoms with E-state index in [0.717, 1.165) is 25.3 Å². The van der Waals surface area contributed by atoms with E-state index in [1.54, 1.807) is 0 Å². The van der Waals surface area contributed by atoms with E-state index in [4.69, 9.17) is 4.74 Å². The molecule has 1 aromatic rings. The van der Waals surface area contributed by atoms with Crippen molar-refractivity contribution in [1.82, 2.24) is 10.6 Å². The van der Waals surface area contributed by atoms with Gasteiger partial charge in [0.15, 0.2) is 6.61 Å². The van der Waals surface area contributed by atoms with Crippen molar-refractivity contribution in [3.05, 3.63) is 29.8 Å². The molecular weight excluding hydrogens is 228 g/mol. The maximum Gasteiger partial charge on any atom is 0.257 e. The van der Waals surface area contributed by atoms with E-state index < -0.39 is 0 Å². The quantitative estimate of drug-likeness (QED) is 0.685. The molecule has 0 heterocycles. The lowest BCUT2D eigenvalue weighted by atomic mass is 10.2. The molecule has 0 radical (unpaired) electrons. The highest BCUT2D eigenvalue weighted by molar-refractivity contribution is 5.77. The third kappa shape index (κ3) is 5.68. The molecule has 0 aromatic heterocycles. The van der Waals surface area contributed by atoms with Gasteiger partial charge in [0.2, 0.25) is 0 Å². The highest BCUT2D eigenvalue weighted by Crippen LogP contribution is 2.12. The van der Waals surface area contributed by atoms with Crippen LogP contribution < -0.4 is 15.4 Å². The zero-order chi connectivity index (χ0) is 13.2. The molecule has 0 unspecified atom stereocenters. The van der Waals surface area contributed by atoms with Crippen molar-refractivity contribution >= 4 is 5.91 Å². The summed E-state index contributed by atoms with van der Waals surface area (Å²) in [5.74, 6) is 0.640. The maximum absolute atomic E-state index is 11.4. The average molecular weight is 250 g/mol. The minimum atomic E-state index is -0.0903. The summed E-state index contributed by atoms with van der Waals surface area (Å²) in [6.45, 7) is 6.53. The summed E-state index contributed by atoms with van der Waals surface area (Å²) in [5, 5.41) is 5.92. The lowest BCUT2D eigenvalue weighted by molar-refractivity contribution is -0.123. The molecule has 4 nitrogen and oxygen atoms in total. The SMILES string of the molecule is CCNCCNC(=O)COc1ccc(CC)cc1. The zero-order valence-electron chi connectivity index (χ0n) is 11.2. The number of ether oxygens (including phenoxy) is 1. The third-order valence-corrected chi connectivity index (χ3v) is 2.58. The second-order valence-corrected chi connectivity index (χ2v) is 3.99. The van der Waals surface area contributed by atoms with E-state index in [-0.39, 0.29) is 12.5 Å². The molecule has 100 valence electrons. The van der Waals surface area contributed by atoms with Crippen LogP contribution in [-0.4, -0.2) is 32.1 Å². The first-order chi connectivity index (χ1) is 8.76. The number of nitrogens with one attached hydrogen (secondary N) is 2. The Bertz CT molecular complexity index is 349. The zero-order valence-corrected chi connectivity index (χ0v) is 11.2. The number of rotatable bonds is 8. The molecule has 0 spiro atoms. The smallest absolute Gasteiger partial charge is 0.257 e. The van der Waals surface area contributed by atoms with Gasteiger partial charge in [-0.3, -0.25) is 4.79 Å². The molecular formula is C14H22N2O2. The molecule has 18 heavy (non-hydrogen) atoms. The van der Waals surface area contributed by atoms with E-state index in [0.29, 0.717) is 6.54 Å². The number of hydrogen-bond acceptors (Lipinski definition) is 3. The van der Waals surface area contributed by atoms with Gasteiger partial charge in [-0.2, -0.15) is 0 Å². The number of amides is 1. The van der Waals surface area contributed by atoms with Crippen LogP contribution in [0.1, 0.15) is 19.4 Å². The van der Waals surface area contributed by atoms with Crippen LogP contribution in [0.25, 0.3) is 0 Å². The van der Waals surface area contributed by atoms with Crippen LogP contribution in [0.4, 0.5) is 0 Å². The molecule has 0 aliphatic heterocycles. The minimum absolute atomic E-state index is 0.0671. The largest absolute Gasteiger partial charge is 0.484 e. The second kappa shape index (κ2) is 8.53. The Balaban J connectivity index is 2.20.